The minimum atomic E-state index is -4.89. The highest BCUT2D eigenvalue weighted by molar-refractivity contribution is 7.85. The molecule has 0 unspecified atom stereocenters. The van der Waals surface area contributed by atoms with Crippen LogP contribution in [0.1, 0.15) is 20.7 Å². The number of hydrogen-bond donors (Lipinski definition) is 0. The lowest BCUT2D eigenvalue weighted by atomic mass is 10.2. The van der Waals surface area contributed by atoms with Crippen molar-refractivity contribution in [2.75, 3.05) is 0 Å². The summed E-state index contributed by atoms with van der Waals surface area (Å²) in [6, 6.07) is 4.16. The van der Waals surface area contributed by atoms with Crippen molar-refractivity contribution in [1.82, 2.24) is 0 Å². The standard InChI is InChI=1S/C13H8O9S/c14-11-4-1-7(6-21-11)13(17)22-10-3-2-8(23(18,19)20)5-9(10)12(15)16/h1-6H,(H,15,16)(H,18,19,20)/p-2. The van der Waals surface area contributed by atoms with E-state index < -0.39 is 43.9 Å². The Kier molecular flexibility index (Phi) is 4.29. The summed E-state index contributed by atoms with van der Waals surface area (Å²) in [5, 5.41) is 11.0. The SMILES string of the molecule is O=C(Oc1ccc(S(=O)(=O)[O-])cc1C(=O)[O-])c1ccc(=O)oc1. The minimum absolute atomic E-state index is 0.186. The lowest BCUT2D eigenvalue weighted by Gasteiger charge is -2.14. The molecule has 0 bridgehead atoms. The maximum atomic E-state index is 11.8. The summed E-state index contributed by atoms with van der Waals surface area (Å²) in [4.78, 5) is 32.8. The molecule has 1 heterocycles. The van der Waals surface area contributed by atoms with Crippen LogP contribution in [0, 0.1) is 0 Å². The van der Waals surface area contributed by atoms with Gasteiger partial charge in [-0.1, -0.05) is 0 Å². The summed E-state index contributed by atoms with van der Waals surface area (Å²) in [6.45, 7) is 0. The van der Waals surface area contributed by atoms with E-state index in [1.54, 1.807) is 0 Å². The van der Waals surface area contributed by atoms with Crippen molar-refractivity contribution in [3.05, 3.63) is 58.1 Å². The van der Waals surface area contributed by atoms with Gasteiger partial charge in [0.1, 0.15) is 22.1 Å². The highest BCUT2D eigenvalue weighted by atomic mass is 32.2. The van der Waals surface area contributed by atoms with Gasteiger partial charge in [-0.2, -0.15) is 0 Å². The van der Waals surface area contributed by atoms with Gasteiger partial charge in [-0.25, -0.2) is 18.0 Å². The van der Waals surface area contributed by atoms with Gasteiger partial charge in [-0.3, -0.25) is 0 Å². The summed E-state index contributed by atoms with van der Waals surface area (Å²) in [6.07, 6.45) is 0.805. The van der Waals surface area contributed by atoms with Gasteiger partial charge < -0.3 is 23.6 Å². The molecule has 2 aromatic rings. The van der Waals surface area contributed by atoms with Gasteiger partial charge in [0.25, 0.3) is 0 Å². The highest BCUT2D eigenvalue weighted by Gasteiger charge is 2.15. The van der Waals surface area contributed by atoms with E-state index in [1.807, 2.05) is 0 Å². The third-order valence-electron chi connectivity index (χ3n) is 2.60. The normalized spacial score (nSPS) is 11.0. The zero-order valence-corrected chi connectivity index (χ0v) is 11.9. The molecule has 1 aromatic carbocycles. The van der Waals surface area contributed by atoms with Crippen LogP contribution in [0.2, 0.25) is 0 Å². The number of esters is 1. The van der Waals surface area contributed by atoms with Gasteiger partial charge in [0.05, 0.1) is 16.4 Å². The molecule has 10 heteroatoms. The van der Waals surface area contributed by atoms with Crippen LogP contribution in [0.25, 0.3) is 0 Å². The number of carboxylic acids is 1. The topological polar surface area (TPSA) is 154 Å². The fraction of sp³-hybridized carbons (Fsp3) is 0. The Hall–Kier alpha value is -2.98. The second-order valence-corrected chi connectivity index (χ2v) is 5.51. The van der Waals surface area contributed by atoms with Crippen LogP contribution < -0.4 is 15.5 Å². The van der Waals surface area contributed by atoms with Crippen molar-refractivity contribution in [2.45, 2.75) is 4.90 Å². The Morgan fingerprint density at radius 2 is 1.83 bits per heavy atom. The molecule has 0 amide bonds. The molecule has 120 valence electrons. The van der Waals surface area contributed by atoms with Crippen LogP contribution in [0.3, 0.4) is 0 Å². The van der Waals surface area contributed by atoms with Crippen LogP contribution in [-0.2, 0) is 10.1 Å². The molecule has 0 fully saturated rings. The first-order valence-electron chi connectivity index (χ1n) is 5.81. The van der Waals surface area contributed by atoms with Gasteiger partial charge in [0.2, 0.25) is 0 Å². The van der Waals surface area contributed by atoms with E-state index >= 15 is 0 Å². The molecule has 0 saturated heterocycles. The van der Waals surface area contributed by atoms with Gasteiger partial charge >= 0.3 is 11.6 Å². The molecule has 0 N–H and O–H groups in total. The lowest BCUT2D eigenvalue weighted by Crippen LogP contribution is -2.24. The number of aromatic carboxylic acids is 1. The third-order valence-corrected chi connectivity index (χ3v) is 3.43. The van der Waals surface area contributed by atoms with E-state index in [4.69, 9.17) is 4.74 Å². The third kappa shape index (κ3) is 3.81. The number of benzene rings is 1. The molecule has 0 saturated carbocycles. The van der Waals surface area contributed by atoms with Crippen molar-refractivity contribution >= 4 is 22.1 Å². The molecule has 1 aromatic heterocycles. The largest absolute Gasteiger partial charge is 0.744 e. The van der Waals surface area contributed by atoms with Crippen LogP contribution in [0.15, 0.2) is 50.7 Å². The number of carbonyl (C=O) groups is 2. The average Bonchev–Trinajstić information content (AvgIpc) is 2.46. The Balaban J connectivity index is 2.39. The molecule has 0 spiro atoms. The maximum Gasteiger partial charge on any atom is 0.346 e. The van der Waals surface area contributed by atoms with E-state index in [-0.39, 0.29) is 5.56 Å². The van der Waals surface area contributed by atoms with Crippen LogP contribution in [-0.4, -0.2) is 24.9 Å². The predicted octanol–water partition coefficient (Wildman–Crippen LogP) is -0.873. The first kappa shape index (κ1) is 16.4. The van der Waals surface area contributed by atoms with Gasteiger partial charge in [0, 0.05) is 11.6 Å². The summed E-state index contributed by atoms with van der Waals surface area (Å²) in [5.41, 5.74) is -1.69. The van der Waals surface area contributed by atoms with E-state index in [9.17, 15) is 32.5 Å². The summed E-state index contributed by atoms with van der Waals surface area (Å²) < 4.78 is 41.9. The Bertz CT molecular complexity index is 920. The zero-order chi connectivity index (χ0) is 17.2. The monoisotopic (exact) mass is 338 g/mol. The average molecular weight is 338 g/mol. The van der Waals surface area contributed by atoms with Gasteiger partial charge in [-0.05, 0) is 24.3 Å². The van der Waals surface area contributed by atoms with E-state index in [2.05, 4.69) is 4.42 Å². The van der Waals surface area contributed by atoms with Crippen LogP contribution >= 0.6 is 0 Å². The Labute approximate surface area is 128 Å². The van der Waals surface area contributed by atoms with E-state index in [1.165, 1.54) is 0 Å². The van der Waals surface area contributed by atoms with Crippen molar-refractivity contribution in [3.8, 4) is 5.75 Å². The van der Waals surface area contributed by atoms with Crippen molar-refractivity contribution in [1.29, 1.82) is 0 Å². The highest BCUT2D eigenvalue weighted by Crippen LogP contribution is 2.23. The number of rotatable bonds is 4. The fourth-order valence-electron chi connectivity index (χ4n) is 1.55. The Morgan fingerprint density at radius 1 is 1.13 bits per heavy atom. The summed E-state index contributed by atoms with van der Waals surface area (Å²) in [5.74, 6) is -3.44. The smallest absolute Gasteiger partial charge is 0.346 e. The van der Waals surface area contributed by atoms with Crippen molar-refractivity contribution in [2.24, 2.45) is 0 Å². The zero-order valence-electron chi connectivity index (χ0n) is 11.0. The summed E-state index contributed by atoms with van der Waals surface area (Å²) in [7, 11) is -4.89. The second-order valence-electron chi connectivity index (χ2n) is 4.13. The molecule has 2 rings (SSSR count). The first-order valence-corrected chi connectivity index (χ1v) is 7.21. The quantitative estimate of drug-likeness (QED) is 0.393. The van der Waals surface area contributed by atoms with Crippen LogP contribution in [0.5, 0.6) is 5.75 Å². The number of carboxylic acid groups (broad SMARTS) is 1. The maximum absolute atomic E-state index is 11.8. The van der Waals surface area contributed by atoms with Crippen LogP contribution in [0.4, 0.5) is 0 Å². The molecule has 9 nitrogen and oxygen atoms in total. The molecule has 0 aliphatic rings. The van der Waals surface area contributed by atoms with E-state index in [0.717, 1.165) is 30.5 Å². The second kappa shape index (κ2) is 6.02. The van der Waals surface area contributed by atoms with E-state index in [0.29, 0.717) is 6.07 Å². The van der Waals surface area contributed by atoms with Gasteiger partial charge in [-0.15, -0.1) is 0 Å². The van der Waals surface area contributed by atoms with Gasteiger partial charge in [0.15, 0.2) is 0 Å². The molecule has 0 atom stereocenters. The number of ether oxygens (including phenoxy) is 1. The molecule has 0 radical (unpaired) electrons. The molecule has 0 aliphatic heterocycles. The Morgan fingerprint density at radius 3 is 2.35 bits per heavy atom. The minimum Gasteiger partial charge on any atom is -0.744 e. The molecular formula is C13H6O9S-2. The van der Waals surface area contributed by atoms with Crippen molar-refractivity contribution < 1.29 is 36.8 Å². The number of hydrogen-bond acceptors (Lipinski definition) is 9. The molecule has 23 heavy (non-hydrogen) atoms. The first-order chi connectivity index (χ1) is 10.7. The molecular weight excluding hydrogens is 332 g/mol. The lowest BCUT2D eigenvalue weighted by molar-refractivity contribution is -0.255. The fourth-order valence-corrected chi connectivity index (χ4v) is 2.04. The predicted molar refractivity (Wildman–Crippen MR) is 68.7 cm³/mol. The molecule has 0 aliphatic carbocycles. The van der Waals surface area contributed by atoms with Crippen molar-refractivity contribution in [3.63, 3.8) is 0 Å². The number of carbonyl (C=O) groups excluding carboxylic acids is 2. The summed E-state index contributed by atoms with van der Waals surface area (Å²) >= 11 is 0.